The van der Waals surface area contributed by atoms with Crippen LogP contribution in [0.25, 0.3) is 11.1 Å². The molecule has 0 bridgehead atoms. The molecule has 34 heavy (non-hydrogen) atoms. The molecule has 2 aliphatic carbocycles. The van der Waals surface area contributed by atoms with E-state index in [9.17, 15) is 14.4 Å². The van der Waals surface area contributed by atoms with E-state index in [0.29, 0.717) is 13.0 Å². The van der Waals surface area contributed by atoms with Gasteiger partial charge in [-0.3, -0.25) is 9.59 Å². The van der Waals surface area contributed by atoms with Gasteiger partial charge >= 0.3 is 12.1 Å². The first-order valence-electron chi connectivity index (χ1n) is 12.1. The Kier molecular flexibility index (Phi) is 7.50. The lowest BCUT2D eigenvalue weighted by Gasteiger charge is -2.22. The van der Waals surface area contributed by atoms with Crippen LogP contribution in [0.2, 0.25) is 0 Å². The Labute approximate surface area is 200 Å². The third-order valence-corrected chi connectivity index (χ3v) is 7.00. The number of aliphatic carboxylic acids is 1. The van der Waals surface area contributed by atoms with Gasteiger partial charge in [-0.2, -0.15) is 0 Å². The van der Waals surface area contributed by atoms with E-state index < -0.39 is 12.1 Å². The number of carboxylic acids is 1. The second-order valence-electron chi connectivity index (χ2n) is 9.17. The predicted molar refractivity (Wildman–Crippen MR) is 128 cm³/mol. The first-order valence-corrected chi connectivity index (χ1v) is 12.1. The van der Waals surface area contributed by atoms with E-state index in [2.05, 4.69) is 29.6 Å². The molecular weight excluding hydrogens is 432 g/mol. The molecule has 0 heterocycles. The maximum atomic E-state index is 12.5. The fourth-order valence-electron chi connectivity index (χ4n) is 5.26. The Morgan fingerprint density at radius 3 is 2.29 bits per heavy atom. The first-order chi connectivity index (χ1) is 16.5. The highest BCUT2D eigenvalue weighted by Gasteiger charge is 2.31. The Balaban J connectivity index is 1.26. The van der Waals surface area contributed by atoms with Crippen LogP contribution in [-0.2, 0) is 14.3 Å². The number of hydrogen-bond acceptors (Lipinski definition) is 4. The number of hydrogen-bond donors (Lipinski definition) is 2. The summed E-state index contributed by atoms with van der Waals surface area (Å²) in [4.78, 5) is 37.5. The average Bonchev–Trinajstić information content (AvgIpc) is 3.39. The lowest BCUT2D eigenvalue weighted by Crippen LogP contribution is -2.35. The van der Waals surface area contributed by atoms with Crippen LogP contribution in [0.3, 0.4) is 0 Å². The summed E-state index contributed by atoms with van der Waals surface area (Å²) in [6, 6.07) is 16.5. The summed E-state index contributed by atoms with van der Waals surface area (Å²) >= 11 is 0. The highest BCUT2D eigenvalue weighted by molar-refractivity contribution is 5.79. The Bertz CT molecular complexity index is 1010. The maximum Gasteiger partial charge on any atom is 0.407 e. The van der Waals surface area contributed by atoms with Crippen LogP contribution < -0.4 is 5.32 Å². The van der Waals surface area contributed by atoms with Crippen LogP contribution >= 0.6 is 0 Å². The monoisotopic (exact) mass is 464 g/mol. The molecule has 0 saturated heterocycles. The van der Waals surface area contributed by atoms with Gasteiger partial charge in [0.05, 0.1) is 6.42 Å². The number of fused-ring (bicyclic) bond motifs is 3. The molecule has 0 unspecified atom stereocenters. The molecule has 0 aliphatic heterocycles. The Morgan fingerprint density at radius 2 is 1.68 bits per heavy atom. The molecule has 4 rings (SSSR count). The normalized spacial score (nSPS) is 18.7. The van der Waals surface area contributed by atoms with E-state index in [4.69, 9.17) is 9.84 Å². The third-order valence-electron chi connectivity index (χ3n) is 7.00. The van der Waals surface area contributed by atoms with Crippen molar-refractivity contribution in [2.24, 2.45) is 5.92 Å². The fraction of sp³-hybridized carbons (Fsp3) is 0.444. The third kappa shape index (κ3) is 5.41. The molecule has 0 aromatic heterocycles. The van der Waals surface area contributed by atoms with Crippen molar-refractivity contribution in [3.05, 3.63) is 59.7 Å². The van der Waals surface area contributed by atoms with Crippen molar-refractivity contribution in [2.75, 3.05) is 19.7 Å². The lowest BCUT2D eigenvalue weighted by molar-refractivity contribution is -0.138. The second kappa shape index (κ2) is 10.7. The molecule has 2 N–H and O–H groups in total. The second-order valence-corrected chi connectivity index (χ2v) is 9.17. The van der Waals surface area contributed by atoms with Gasteiger partial charge in [0.25, 0.3) is 0 Å². The number of carbonyl (C=O) groups is 3. The molecule has 0 spiro atoms. The molecule has 1 fully saturated rings. The molecule has 2 aromatic rings. The van der Waals surface area contributed by atoms with Gasteiger partial charge in [-0.15, -0.1) is 0 Å². The smallest absolute Gasteiger partial charge is 0.407 e. The van der Waals surface area contributed by atoms with Crippen molar-refractivity contribution in [2.45, 2.75) is 51.0 Å². The Morgan fingerprint density at radius 1 is 1.03 bits per heavy atom. The molecule has 1 saturated carbocycles. The lowest BCUT2D eigenvalue weighted by atomic mass is 9.98. The number of nitrogens with one attached hydrogen (secondary N) is 1. The highest BCUT2D eigenvalue weighted by Crippen LogP contribution is 2.44. The van der Waals surface area contributed by atoms with Gasteiger partial charge < -0.3 is 20.1 Å². The van der Waals surface area contributed by atoms with Crippen LogP contribution in [0, 0.1) is 5.92 Å². The zero-order chi connectivity index (χ0) is 24.1. The van der Waals surface area contributed by atoms with Crippen molar-refractivity contribution in [3.63, 3.8) is 0 Å². The summed E-state index contributed by atoms with van der Waals surface area (Å²) in [5, 5.41) is 11.8. The van der Waals surface area contributed by atoms with E-state index in [0.717, 1.165) is 19.3 Å². The molecule has 2 atom stereocenters. The van der Waals surface area contributed by atoms with Crippen LogP contribution in [0.15, 0.2) is 48.5 Å². The number of benzene rings is 2. The molecule has 2 aliphatic rings. The topological polar surface area (TPSA) is 95.9 Å². The summed E-state index contributed by atoms with van der Waals surface area (Å²) in [6.07, 6.45) is 2.31. The van der Waals surface area contributed by atoms with Gasteiger partial charge in [-0.05, 0) is 54.4 Å². The quantitative estimate of drug-likeness (QED) is 0.573. The van der Waals surface area contributed by atoms with E-state index in [-0.39, 0.29) is 43.4 Å². The van der Waals surface area contributed by atoms with Gasteiger partial charge in [0.15, 0.2) is 0 Å². The van der Waals surface area contributed by atoms with Crippen molar-refractivity contribution < 1.29 is 24.2 Å². The number of ether oxygens (including phenoxy) is 1. The van der Waals surface area contributed by atoms with E-state index in [1.165, 1.54) is 22.3 Å². The zero-order valence-corrected chi connectivity index (χ0v) is 19.5. The summed E-state index contributed by atoms with van der Waals surface area (Å²) in [5.41, 5.74) is 4.75. The summed E-state index contributed by atoms with van der Waals surface area (Å²) < 4.78 is 5.65. The largest absolute Gasteiger partial charge is 0.481 e. The van der Waals surface area contributed by atoms with Crippen molar-refractivity contribution >= 4 is 18.0 Å². The summed E-state index contributed by atoms with van der Waals surface area (Å²) in [7, 11) is 0. The first kappa shape index (κ1) is 23.8. The number of alkyl carbamates (subject to hydrolysis) is 1. The fourth-order valence-corrected chi connectivity index (χ4v) is 5.26. The number of nitrogens with zero attached hydrogens (tertiary/aromatic N) is 1. The molecule has 7 nitrogen and oxygen atoms in total. The van der Waals surface area contributed by atoms with Crippen LogP contribution in [0.1, 0.15) is 56.1 Å². The van der Waals surface area contributed by atoms with Gasteiger partial charge in [0.2, 0.25) is 5.91 Å². The number of carbonyl (C=O) groups excluding carboxylic acids is 2. The molecule has 2 aromatic carbocycles. The van der Waals surface area contributed by atoms with E-state index in [1.54, 1.807) is 4.90 Å². The zero-order valence-electron chi connectivity index (χ0n) is 19.5. The highest BCUT2D eigenvalue weighted by atomic mass is 16.5. The van der Waals surface area contributed by atoms with Crippen molar-refractivity contribution in [1.82, 2.24) is 10.2 Å². The van der Waals surface area contributed by atoms with Gasteiger partial charge in [0, 0.05) is 31.5 Å². The maximum absolute atomic E-state index is 12.5. The molecular formula is C27H32N2O5. The minimum Gasteiger partial charge on any atom is -0.481 e. The van der Waals surface area contributed by atoms with Crippen molar-refractivity contribution in [3.8, 4) is 11.1 Å². The van der Waals surface area contributed by atoms with Gasteiger partial charge in [0.1, 0.15) is 6.61 Å². The summed E-state index contributed by atoms with van der Waals surface area (Å²) in [5.74, 6) is -0.710. The summed E-state index contributed by atoms with van der Waals surface area (Å²) in [6.45, 7) is 2.87. The van der Waals surface area contributed by atoms with Crippen LogP contribution in [0.4, 0.5) is 4.79 Å². The number of carboxylic acid groups (broad SMARTS) is 1. The predicted octanol–water partition coefficient (Wildman–Crippen LogP) is 4.41. The molecule has 180 valence electrons. The molecule has 0 radical (unpaired) electrons. The van der Waals surface area contributed by atoms with Crippen LogP contribution in [0.5, 0.6) is 0 Å². The van der Waals surface area contributed by atoms with Gasteiger partial charge in [-0.25, -0.2) is 4.79 Å². The van der Waals surface area contributed by atoms with E-state index >= 15 is 0 Å². The SMILES string of the molecule is CCN(CCC(=O)O)C(=O)C[C@@H]1CC[C@H](NC(=O)OCC2c3ccccc3-c3ccccc32)C1. The number of amides is 2. The minimum atomic E-state index is -0.903. The molecule has 7 heteroatoms. The molecule has 2 amide bonds. The van der Waals surface area contributed by atoms with E-state index in [1.807, 2.05) is 31.2 Å². The standard InChI is InChI=1S/C27H32N2O5/c1-2-29(14-13-26(31)32)25(30)16-18-11-12-19(15-18)28-27(33)34-17-24-22-9-5-3-7-20(22)21-8-4-6-10-23(21)24/h3-10,18-19,24H,2,11-17H2,1H3,(H,28,33)(H,31,32)/t18-,19+/m1/s1. The van der Waals surface area contributed by atoms with Crippen molar-refractivity contribution in [1.29, 1.82) is 0 Å². The van der Waals surface area contributed by atoms with Gasteiger partial charge in [-0.1, -0.05) is 48.5 Å². The van der Waals surface area contributed by atoms with Crippen LogP contribution in [-0.4, -0.2) is 53.7 Å². The Hall–Kier alpha value is -3.35. The minimum absolute atomic E-state index is 0.0115. The number of rotatable bonds is 9. The average molecular weight is 465 g/mol.